The van der Waals surface area contributed by atoms with E-state index in [-0.39, 0.29) is 25.2 Å². The van der Waals surface area contributed by atoms with Crippen LogP contribution in [-0.2, 0) is 23.8 Å². The van der Waals surface area contributed by atoms with Gasteiger partial charge >= 0.3 is 11.9 Å². The summed E-state index contributed by atoms with van der Waals surface area (Å²) in [5.41, 5.74) is 0. The predicted molar refractivity (Wildman–Crippen MR) is 288 cm³/mol. The zero-order chi connectivity index (χ0) is 47.7. The molecular formula is C61H102O5. The molecule has 0 saturated heterocycles. The first-order valence-electron chi connectivity index (χ1n) is 27.4. The summed E-state index contributed by atoms with van der Waals surface area (Å²) >= 11 is 0. The van der Waals surface area contributed by atoms with Crippen LogP contribution >= 0.6 is 0 Å². The third kappa shape index (κ3) is 53.2. The van der Waals surface area contributed by atoms with Crippen molar-refractivity contribution in [2.75, 3.05) is 19.8 Å². The Morgan fingerprint density at radius 2 is 0.682 bits per heavy atom. The van der Waals surface area contributed by atoms with Gasteiger partial charge in [-0.3, -0.25) is 9.59 Å². The summed E-state index contributed by atoms with van der Waals surface area (Å²) in [4.78, 5) is 25.5. The van der Waals surface area contributed by atoms with Gasteiger partial charge in [-0.05, 0) is 122 Å². The van der Waals surface area contributed by atoms with Gasteiger partial charge in [-0.2, -0.15) is 0 Å². The molecule has 0 saturated carbocycles. The second-order valence-corrected chi connectivity index (χ2v) is 17.7. The average Bonchev–Trinajstić information content (AvgIpc) is 3.32. The number of ether oxygens (including phenoxy) is 3. The molecule has 0 aromatic rings. The van der Waals surface area contributed by atoms with E-state index in [1.54, 1.807) is 0 Å². The molecular weight excluding hydrogens is 813 g/mol. The number of hydrogen-bond donors (Lipinski definition) is 0. The van der Waals surface area contributed by atoms with E-state index in [2.05, 4.69) is 130 Å². The maximum Gasteiger partial charge on any atom is 0.306 e. The van der Waals surface area contributed by atoms with Crippen LogP contribution in [0.2, 0.25) is 0 Å². The molecule has 0 aliphatic carbocycles. The molecule has 0 amide bonds. The van der Waals surface area contributed by atoms with Gasteiger partial charge in [0.15, 0.2) is 6.10 Å². The Labute approximate surface area is 408 Å². The minimum atomic E-state index is -0.565. The lowest BCUT2D eigenvalue weighted by Crippen LogP contribution is -2.30. The summed E-state index contributed by atoms with van der Waals surface area (Å²) in [5, 5.41) is 0. The van der Waals surface area contributed by atoms with E-state index in [1.165, 1.54) is 83.5 Å². The first kappa shape index (κ1) is 62.6. The summed E-state index contributed by atoms with van der Waals surface area (Å²) in [6.45, 7) is 7.52. The highest BCUT2D eigenvalue weighted by Crippen LogP contribution is 2.13. The SMILES string of the molecule is CC/C=C\C/C=C\C/C=C\C/C=C\CCCCCCC(=O)OCC(COCCCCCCCC/C=C\C/C=C\C/C=C\CC)OC(=O)CCCCCCCCC/C=C\C/C=C\CCCCC. The molecule has 5 heteroatoms. The first-order chi connectivity index (χ1) is 32.6. The van der Waals surface area contributed by atoms with Crippen molar-refractivity contribution in [1.29, 1.82) is 0 Å². The van der Waals surface area contributed by atoms with Gasteiger partial charge in [0, 0.05) is 19.4 Å². The zero-order valence-corrected chi connectivity index (χ0v) is 43.2. The average molecular weight is 915 g/mol. The lowest BCUT2D eigenvalue weighted by atomic mass is 10.1. The maximum atomic E-state index is 12.8. The Balaban J connectivity index is 4.38. The quantitative estimate of drug-likeness (QED) is 0.0346. The van der Waals surface area contributed by atoms with Crippen molar-refractivity contribution < 1.29 is 23.8 Å². The Hall–Kier alpha value is -3.44. The van der Waals surface area contributed by atoms with Gasteiger partial charge in [0.25, 0.3) is 0 Å². The number of rotatable bonds is 49. The maximum absolute atomic E-state index is 12.8. The van der Waals surface area contributed by atoms with Crippen molar-refractivity contribution in [1.82, 2.24) is 0 Å². The monoisotopic (exact) mass is 915 g/mol. The fraction of sp³-hybridized carbons (Fsp3) is 0.672. The molecule has 0 rings (SSSR count). The number of carbonyl (C=O) groups is 2. The number of carbonyl (C=O) groups excluding carboxylic acids is 2. The topological polar surface area (TPSA) is 61.8 Å². The van der Waals surface area contributed by atoms with Crippen LogP contribution in [0.3, 0.4) is 0 Å². The second-order valence-electron chi connectivity index (χ2n) is 17.7. The van der Waals surface area contributed by atoms with Crippen molar-refractivity contribution in [2.24, 2.45) is 0 Å². The minimum absolute atomic E-state index is 0.0579. The van der Waals surface area contributed by atoms with Crippen molar-refractivity contribution in [3.05, 3.63) is 109 Å². The highest BCUT2D eigenvalue weighted by atomic mass is 16.6. The zero-order valence-electron chi connectivity index (χ0n) is 43.2. The largest absolute Gasteiger partial charge is 0.462 e. The lowest BCUT2D eigenvalue weighted by molar-refractivity contribution is -0.163. The third-order valence-corrected chi connectivity index (χ3v) is 11.3. The fourth-order valence-electron chi connectivity index (χ4n) is 7.25. The summed E-state index contributed by atoms with van der Waals surface area (Å²) in [7, 11) is 0. The van der Waals surface area contributed by atoms with Gasteiger partial charge in [0.1, 0.15) is 6.61 Å². The van der Waals surface area contributed by atoms with Gasteiger partial charge < -0.3 is 14.2 Å². The number of allylic oxidation sites excluding steroid dienone is 18. The van der Waals surface area contributed by atoms with E-state index in [1.807, 2.05) is 0 Å². The molecule has 0 radical (unpaired) electrons. The Morgan fingerprint density at radius 3 is 1.09 bits per heavy atom. The van der Waals surface area contributed by atoms with E-state index in [9.17, 15) is 9.59 Å². The Bertz CT molecular complexity index is 1310. The molecule has 0 aliphatic heterocycles. The standard InChI is InChI=1S/C61H102O5/c1-4-7-10-13-16-19-22-25-28-31-33-36-39-42-45-48-51-54-60(62)65-58-59(57-64-56-53-50-47-44-41-38-35-30-27-24-21-18-15-12-9-6-3)66-61(63)55-52-49-46-43-40-37-34-32-29-26-23-20-17-14-11-8-5-2/h7,9-10,12,16-21,25-30,33,36,59H,4-6,8,11,13-15,22-24,31-32,34-35,37-58H2,1-3H3/b10-7-,12-9-,19-16-,20-17-,21-18-,28-25-,29-26-,30-27-,36-33-. The van der Waals surface area contributed by atoms with Gasteiger partial charge in [0.2, 0.25) is 0 Å². The van der Waals surface area contributed by atoms with Crippen LogP contribution in [-0.4, -0.2) is 37.9 Å². The molecule has 1 atom stereocenters. The lowest BCUT2D eigenvalue weighted by Gasteiger charge is -2.18. The normalized spacial score (nSPS) is 13.1. The van der Waals surface area contributed by atoms with E-state index in [0.29, 0.717) is 19.4 Å². The molecule has 376 valence electrons. The van der Waals surface area contributed by atoms with Crippen LogP contribution in [0.25, 0.3) is 0 Å². The van der Waals surface area contributed by atoms with Gasteiger partial charge in [-0.1, -0.05) is 214 Å². The van der Waals surface area contributed by atoms with Crippen molar-refractivity contribution >= 4 is 11.9 Å². The summed E-state index contributed by atoms with van der Waals surface area (Å²) in [5.74, 6) is -0.444. The van der Waals surface area contributed by atoms with Gasteiger partial charge in [-0.15, -0.1) is 0 Å². The number of hydrogen-bond acceptors (Lipinski definition) is 5. The van der Waals surface area contributed by atoms with E-state index < -0.39 is 6.10 Å². The highest BCUT2D eigenvalue weighted by molar-refractivity contribution is 5.70. The molecule has 0 fully saturated rings. The summed E-state index contributed by atoms with van der Waals surface area (Å²) in [6, 6.07) is 0. The van der Waals surface area contributed by atoms with E-state index in [0.717, 1.165) is 122 Å². The molecule has 0 aromatic heterocycles. The van der Waals surface area contributed by atoms with Crippen LogP contribution < -0.4 is 0 Å². The molecule has 0 spiro atoms. The Morgan fingerprint density at radius 1 is 0.348 bits per heavy atom. The number of esters is 2. The minimum Gasteiger partial charge on any atom is -0.462 e. The van der Waals surface area contributed by atoms with Crippen LogP contribution in [0.1, 0.15) is 239 Å². The van der Waals surface area contributed by atoms with Gasteiger partial charge in [-0.25, -0.2) is 0 Å². The fourth-order valence-corrected chi connectivity index (χ4v) is 7.25. The molecule has 66 heavy (non-hydrogen) atoms. The summed E-state index contributed by atoms with van der Waals surface area (Å²) < 4.78 is 17.4. The van der Waals surface area contributed by atoms with E-state index in [4.69, 9.17) is 14.2 Å². The molecule has 0 heterocycles. The molecule has 0 aliphatic rings. The van der Waals surface area contributed by atoms with E-state index >= 15 is 0 Å². The van der Waals surface area contributed by atoms with Gasteiger partial charge in [0.05, 0.1) is 6.61 Å². The molecule has 0 bridgehead atoms. The van der Waals surface area contributed by atoms with Crippen LogP contribution in [0, 0.1) is 0 Å². The summed E-state index contributed by atoms with van der Waals surface area (Å²) in [6.07, 6.45) is 76.7. The predicted octanol–water partition coefficient (Wildman–Crippen LogP) is 18.8. The second kappa shape index (κ2) is 55.9. The number of unbranched alkanes of at least 4 members (excludes halogenated alkanes) is 20. The van der Waals surface area contributed by atoms with Crippen LogP contribution in [0.4, 0.5) is 0 Å². The smallest absolute Gasteiger partial charge is 0.306 e. The molecule has 1 unspecified atom stereocenters. The third-order valence-electron chi connectivity index (χ3n) is 11.3. The first-order valence-corrected chi connectivity index (χ1v) is 27.4. The highest BCUT2D eigenvalue weighted by Gasteiger charge is 2.17. The molecule has 5 nitrogen and oxygen atoms in total. The van der Waals surface area contributed by atoms with Crippen LogP contribution in [0.15, 0.2) is 109 Å². The van der Waals surface area contributed by atoms with Crippen LogP contribution in [0.5, 0.6) is 0 Å². The van der Waals surface area contributed by atoms with Crippen molar-refractivity contribution in [3.63, 3.8) is 0 Å². The van der Waals surface area contributed by atoms with Crippen molar-refractivity contribution in [2.45, 2.75) is 245 Å². The molecule has 0 N–H and O–H groups in total. The Kier molecular flexibility index (Phi) is 53.0. The molecule has 0 aromatic carbocycles. The van der Waals surface area contributed by atoms with Crippen molar-refractivity contribution in [3.8, 4) is 0 Å².